The largest absolute Gasteiger partial charge is 0.339 e. The number of nitrogens with one attached hydrogen (secondary N) is 1. The number of aryl methyl sites for hydroxylation is 1. The predicted molar refractivity (Wildman–Crippen MR) is 73.9 cm³/mol. The lowest BCUT2D eigenvalue weighted by atomic mass is 10.1. The summed E-state index contributed by atoms with van der Waals surface area (Å²) >= 11 is 0. The number of nitrogens with zero attached hydrogens (tertiary/aromatic N) is 2. The topological polar surface area (TPSA) is 33.1 Å². The number of benzene rings is 1. The second-order valence-electron chi connectivity index (χ2n) is 4.60. The van der Waals surface area contributed by atoms with Crippen LogP contribution in [-0.2, 0) is 6.42 Å². The fourth-order valence-corrected chi connectivity index (χ4v) is 2.55. The van der Waals surface area contributed by atoms with E-state index in [-0.39, 0.29) is 0 Å². The summed E-state index contributed by atoms with van der Waals surface area (Å²) < 4.78 is 2.10. The highest BCUT2D eigenvalue weighted by atomic mass is 15.1. The molecule has 0 bridgehead atoms. The molecule has 0 saturated heterocycles. The minimum atomic E-state index is 0.988. The Balaban J connectivity index is 2.21. The van der Waals surface area contributed by atoms with Crippen molar-refractivity contribution in [2.24, 2.45) is 0 Å². The van der Waals surface area contributed by atoms with Crippen LogP contribution in [0.25, 0.3) is 27.7 Å². The summed E-state index contributed by atoms with van der Waals surface area (Å²) in [5, 5.41) is 1.22. The van der Waals surface area contributed by atoms with Crippen LogP contribution in [0.1, 0.15) is 12.5 Å². The van der Waals surface area contributed by atoms with Gasteiger partial charge in [0, 0.05) is 17.1 Å². The van der Waals surface area contributed by atoms with Gasteiger partial charge in [-0.3, -0.25) is 4.40 Å². The number of rotatable bonds is 1. The molecule has 0 aliphatic rings. The zero-order valence-corrected chi connectivity index (χ0v) is 10.1. The van der Waals surface area contributed by atoms with Crippen molar-refractivity contribution in [1.82, 2.24) is 14.4 Å². The standard InChI is InChI=1S/C15H13N3/c1-2-10-6-7-12-11(9-10)14-15(16-12)18-8-4-3-5-13(18)17-14/h3-9,16H,2H2,1H3. The van der Waals surface area contributed by atoms with Crippen LogP contribution < -0.4 is 0 Å². The molecule has 0 amide bonds. The third-order valence-electron chi connectivity index (χ3n) is 3.53. The number of hydrogen-bond acceptors (Lipinski definition) is 1. The van der Waals surface area contributed by atoms with Gasteiger partial charge in [-0.15, -0.1) is 0 Å². The van der Waals surface area contributed by atoms with Crippen molar-refractivity contribution in [3.8, 4) is 0 Å². The number of imidazole rings is 1. The molecule has 18 heavy (non-hydrogen) atoms. The Morgan fingerprint density at radius 3 is 3.06 bits per heavy atom. The first-order valence-corrected chi connectivity index (χ1v) is 6.24. The van der Waals surface area contributed by atoms with Crippen LogP contribution in [0.15, 0.2) is 42.6 Å². The van der Waals surface area contributed by atoms with Gasteiger partial charge in [0.15, 0.2) is 0 Å². The van der Waals surface area contributed by atoms with E-state index in [2.05, 4.69) is 34.5 Å². The average Bonchev–Trinajstić information content (AvgIpc) is 2.94. The molecule has 0 saturated carbocycles. The van der Waals surface area contributed by atoms with Crippen LogP contribution in [0, 0.1) is 0 Å². The van der Waals surface area contributed by atoms with E-state index in [1.807, 2.05) is 24.4 Å². The Bertz CT molecular complexity index is 867. The fraction of sp³-hybridized carbons (Fsp3) is 0.133. The van der Waals surface area contributed by atoms with E-state index < -0.39 is 0 Å². The molecule has 0 radical (unpaired) electrons. The van der Waals surface area contributed by atoms with Gasteiger partial charge >= 0.3 is 0 Å². The SMILES string of the molecule is CCc1ccc2[nH]c3c(nc4ccccn43)c2c1. The van der Waals surface area contributed by atoms with Crippen molar-refractivity contribution in [3.05, 3.63) is 48.2 Å². The minimum Gasteiger partial charge on any atom is -0.339 e. The molecular formula is C15H13N3. The first-order valence-electron chi connectivity index (χ1n) is 6.24. The monoisotopic (exact) mass is 235 g/mol. The number of fused-ring (bicyclic) bond motifs is 5. The quantitative estimate of drug-likeness (QED) is 0.538. The molecule has 3 heteroatoms. The lowest BCUT2D eigenvalue weighted by Gasteiger charge is -1.96. The van der Waals surface area contributed by atoms with Gasteiger partial charge in [-0.05, 0) is 36.2 Å². The Kier molecular flexibility index (Phi) is 1.81. The van der Waals surface area contributed by atoms with Crippen LogP contribution in [-0.4, -0.2) is 14.4 Å². The van der Waals surface area contributed by atoms with Crippen molar-refractivity contribution in [3.63, 3.8) is 0 Å². The van der Waals surface area contributed by atoms with Gasteiger partial charge in [-0.2, -0.15) is 0 Å². The van der Waals surface area contributed by atoms with Crippen molar-refractivity contribution in [2.45, 2.75) is 13.3 Å². The van der Waals surface area contributed by atoms with Gasteiger partial charge in [0.05, 0.1) is 0 Å². The molecule has 0 aliphatic heterocycles. The molecule has 0 unspecified atom stereocenters. The molecule has 4 rings (SSSR count). The van der Waals surface area contributed by atoms with Gasteiger partial charge in [0.1, 0.15) is 16.8 Å². The number of hydrogen-bond donors (Lipinski definition) is 1. The molecule has 3 nitrogen and oxygen atoms in total. The smallest absolute Gasteiger partial charge is 0.143 e. The second kappa shape index (κ2) is 3.35. The van der Waals surface area contributed by atoms with Gasteiger partial charge in [0.25, 0.3) is 0 Å². The molecule has 0 atom stereocenters. The Labute approximate surface area is 104 Å². The molecule has 1 aromatic carbocycles. The van der Waals surface area contributed by atoms with Crippen molar-refractivity contribution in [1.29, 1.82) is 0 Å². The van der Waals surface area contributed by atoms with E-state index in [0.717, 1.165) is 28.7 Å². The zero-order chi connectivity index (χ0) is 12.1. The highest BCUT2D eigenvalue weighted by Gasteiger charge is 2.10. The van der Waals surface area contributed by atoms with E-state index in [9.17, 15) is 0 Å². The normalized spacial score (nSPS) is 11.8. The summed E-state index contributed by atoms with van der Waals surface area (Å²) in [6, 6.07) is 12.6. The summed E-state index contributed by atoms with van der Waals surface area (Å²) in [7, 11) is 0. The Hall–Kier alpha value is -2.29. The molecule has 4 aromatic rings. The molecule has 1 N–H and O–H groups in total. The van der Waals surface area contributed by atoms with E-state index in [4.69, 9.17) is 4.98 Å². The summed E-state index contributed by atoms with van der Waals surface area (Å²) in [5.41, 5.74) is 5.63. The minimum absolute atomic E-state index is 0.988. The molecule has 88 valence electrons. The molecule has 0 spiro atoms. The average molecular weight is 235 g/mol. The summed E-state index contributed by atoms with van der Waals surface area (Å²) in [6.45, 7) is 2.18. The second-order valence-corrected chi connectivity index (χ2v) is 4.60. The predicted octanol–water partition coefficient (Wildman–Crippen LogP) is 3.53. The molecule has 0 fully saturated rings. The highest BCUT2D eigenvalue weighted by molar-refractivity contribution is 6.05. The first kappa shape index (κ1) is 9.71. The van der Waals surface area contributed by atoms with Gasteiger partial charge in [-0.25, -0.2) is 4.98 Å². The third kappa shape index (κ3) is 1.16. The number of aromatic amines is 1. The first-order chi connectivity index (χ1) is 8.86. The maximum atomic E-state index is 4.71. The van der Waals surface area contributed by atoms with Crippen molar-refractivity contribution in [2.75, 3.05) is 0 Å². The van der Waals surface area contributed by atoms with Gasteiger partial charge in [-0.1, -0.05) is 19.1 Å². The van der Waals surface area contributed by atoms with E-state index in [1.165, 1.54) is 10.9 Å². The zero-order valence-electron chi connectivity index (χ0n) is 10.1. The summed E-state index contributed by atoms with van der Waals surface area (Å²) in [5.74, 6) is 0. The Morgan fingerprint density at radius 1 is 1.22 bits per heavy atom. The van der Waals surface area contributed by atoms with Crippen molar-refractivity contribution < 1.29 is 0 Å². The van der Waals surface area contributed by atoms with Crippen LogP contribution in [0.5, 0.6) is 0 Å². The number of pyridine rings is 1. The van der Waals surface area contributed by atoms with Crippen LogP contribution in [0.3, 0.4) is 0 Å². The van der Waals surface area contributed by atoms with Crippen molar-refractivity contribution >= 4 is 27.7 Å². The molecular weight excluding hydrogens is 222 g/mol. The summed E-state index contributed by atoms with van der Waals surface area (Å²) in [6.07, 6.45) is 3.09. The van der Waals surface area contributed by atoms with Gasteiger partial charge < -0.3 is 4.98 Å². The van der Waals surface area contributed by atoms with Gasteiger partial charge in [0.2, 0.25) is 0 Å². The lowest BCUT2D eigenvalue weighted by molar-refractivity contribution is 1.15. The van der Waals surface area contributed by atoms with E-state index in [1.54, 1.807) is 0 Å². The van der Waals surface area contributed by atoms with Crippen LogP contribution in [0.4, 0.5) is 0 Å². The maximum Gasteiger partial charge on any atom is 0.143 e. The molecule has 3 aromatic heterocycles. The number of H-pyrrole nitrogens is 1. The third-order valence-corrected chi connectivity index (χ3v) is 3.53. The lowest BCUT2D eigenvalue weighted by Crippen LogP contribution is -1.83. The van der Waals surface area contributed by atoms with Crippen LogP contribution >= 0.6 is 0 Å². The van der Waals surface area contributed by atoms with E-state index >= 15 is 0 Å². The Morgan fingerprint density at radius 2 is 2.17 bits per heavy atom. The maximum absolute atomic E-state index is 4.71. The number of aromatic nitrogens is 3. The fourth-order valence-electron chi connectivity index (χ4n) is 2.55. The van der Waals surface area contributed by atoms with E-state index in [0.29, 0.717) is 0 Å². The van der Waals surface area contributed by atoms with Crippen LogP contribution in [0.2, 0.25) is 0 Å². The summed E-state index contributed by atoms with van der Waals surface area (Å²) in [4.78, 5) is 8.16. The highest BCUT2D eigenvalue weighted by Crippen LogP contribution is 2.26. The molecule has 3 heterocycles. The molecule has 0 aliphatic carbocycles.